The maximum atomic E-state index is 12.5. The summed E-state index contributed by atoms with van der Waals surface area (Å²) in [6.45, 7) is 8.14. The lowest BCUT2D eigenvalue weighted by molar-refractivity contribution is 0.0949. The van der Waals surface area contributed by atoms with Crippen molar-refractivity contribution in [2.75, 3.05) is 56.9 Å². The van der Waals surface area contributed by atoms with Gasteiger partial charge in [-0.15, -0.1) is 0 Å². The van der Waals surface area contributed by atoms with Crippen molar-refractivity contribution in [1.29, 1.82) is 0 Å². The molecule has 0 radical (unpaired) electrons. The summed E-state index contributed by atoms with van der Waals surface area (Å²) >= 11 is 0. The van der Waals surface area contributed by atoms with E-state index in [1.807, 2.05) is 37.3 Å². The molecule has 2 aromatic carbocycles. The summed E-state index contributed by atoms with van der Waals surface area (Å²) in [7, 11) is -1.30. The Labute approximate surface area is 192 Å². The smallest absolute Gasteiger partial charge is 0.251 e. The molecule has 1 fully saturated rings. The zero-order chi connectivity index (χ0) is 23.1. The summed E-state index contributed by atoms with van der Waals surface area (Å²) < 4.78 is 26.1. The topological polar surface area (TPSA) is 73.0 Å². The van der Waals surface area contributed by atoms with Gasteiger partial charge in [0.1, 0.15) is 0 Å². The van der Waals surface area contributed by atoms with Crippen molar-refractivity contribution >= 4 is 21.6 Å². The minimum absolute atomic E-state index is 0.103. The second kappa shape index (κ2) is 10.9. The largest absolute Gasteiger partial charge is 0.352 e. The third-order valence-corrected chi connectivity index (χ3v) is 6.91. The number of hydrogen-bond donors (Lipinski definition) is 1. The van der Waals surface area contributed by atoms with Crippen LogP contribution < -0.4 is 9.62 Å². The molecule has 174 valence electrons. The molecule has 32 heavy (non-hydrogen) atoms. The number of piperazine rings is 1. The number of carbonyl (C=O) groups excluding carboxylic acids is 1. The third kappa shape index (κ3) is 7.05. The van der Waals surface area contributed by atoms with E-state index in [9.17, 15) is 13.2 Å². The van der Waals surface area contributed by atoms with Gasteiger partial charge in [-0.3, -0.25) is 9.10 Å². The van der Waals surface area contributed by atoms with E-state index in [-0.39, 0.29) is 12.5 Å². The Balaban J connectivity index is 1.52. The van der Waals surface area contributed by atoms with Gasteiger partial charge in [0.25, 0.3) is 5.91 Å². The minimum atomic E-state index is -3.44. The molecule has 7 nitrogen and oxygen atoms in total. The number of amides is 1. The van der Waals surface area contributed by atoms with Crippen molar-refractivity contribution in [3.8, 4) is 0 Å². The van der Waals surface area contributed by atoms with Crippen molar-refractivity contribution in [1.82, 2.24) is 15.1 Å². The van der Waals surface area contributed by atoms with Crippen LogP contribution >= 0.6 is 0 Å². The number of anilines is 1. The second-order valence-electron chi connectivity index (χ2n) is 8.56. The molecule has 1 N–H and O–H groups in total. The highest BCUT2D eigenvalue weighted by molar-refractivity contribution is 7.92. The first-order chi connectivity index (χ1) is 15.2. The maximum absolute atomic E-state index is 12.5. The van der Waals surface area contributed by atoms with E-state index in [1.54, 1.807) is 18.2 Å². The zero-order valence-corrected chi connectivity index (χ0v) is 20.1. The minimum Gasteiger partial charge on any atom is -0.352 e. The first-order valence-electron chi connectivity index (χ1n) is 11.0. The van der Waals surface area contributed by atoms with E-state index >= 15 is 0 Å². The van der Waals surface area contributed by atoms with Crippen LogP contribution in [0.4, 0.5) is 5.69 Å². The normalized spacial score (nSPS) is 15.5. The van der Waals surface area contributed by atoms with Crippen LogP contribution in [-0.4, -0.2) is 76.7 Å². The van der Waals surface area contributed by atoms with Crippen LogP contribution in [0.5, 0.6) is 0 Å². The molecular weight excluding hydrogens is 424 g/mol. The number of nitrogens with one attached hydrogen (secondary N) is 1. The summed E-state index contributed by atoms with van der Waals surface area (Å²) in [5, 5.41) is 2.98. The molecular formula is C24H34N4O3S. The van der Waals surface area contributed by atoms with Crippen molar-refractivity contribution in [2.24, 2.45) is 0 Å². The van der Waals surface area contributed by atoms with Gasteiger partial charge in [0.15, 0.2) is 0 Å². The van der Waals surface area contributed by atoms with Crippen LogP contribution in [0.25, 0.3) is 0 Å². The quantitative estimate of drug-likeness (QED) is 0.584. The van der Waals surface area contributed by atoms with E-state index in [4.69, 9.17) is 0 Å². The molecule has 1 amide bonds. The van der Waals surface area contributed by atoms with Gasteiger partial charge in [-0.1, -0.05) is 24.3 Å². The Kier molecular flexibility index (Phi) is 8.28. The first-order valence-corrected chi connectivity index (χ1v) is 12.9. The fourth-order valence-electron chi connectivity index (χ4n) is 3.79. The molecule has 2 aromatic rings. The molecule has 0 saturated carbocycles. The van der Waals surface area contributed by atoms with Crippen molar-refractivity contribution in [3.05, 3.63) is 65.2 Å². The average Bonchev–Trinajstić information content (AvgIpc) is 2.76. The van der Waals surface area contributed by atoms with Gasteiger partial charge in [-0.2, -0.15) is 0 Å². The standard InChI is InChI=1S/C24H34N4O3S/c1-20-6-4-7-23(18-20)28(32(3,30)31)19-21-8-10-22(11-9-21)24(29)25-12-5-13-27-16-14-26(2)15-17-27/h4,6-11,18H,5,12-17,19H2,1-3H3,(H,25,29). The van der Waals surface area contributed by atoms with Crippen molar-refractivity contribution < 1.29 is 13.2 Å². The predicted octanol–water partition coefficient (Wildman–Crippen LogP) is 2.33. The molecule has 8 heteroatoms. The number of sulfonamides is 1. The lowest BCUT2D eigenvalue weighted by Gasteiger charge is -2.32. The van der Waals surface area contributed by atoms with Crippen LogP contribution in [0.15, 0.2) is 48.5 Å². The first kappa shape index (κ1) is 24.2. The molecule has 0 aliphatic carbocycles. The van der Waals surface area contributed by atoms with E-state index in [2.05, 4.69) is 22.2 Å². The molecule has 1 heterocycles. The van der Waals surface area contributed by atoms with Crippen molar-refractivity contribution in [2.45, 2.75) is 19.9 Å². The van der Waals surface area contributed by atoms with Crippen LogP contribution in [0.3, 0.4) is 0 Å². The number of nitrogens with zero attached hydrogens (tertiary/aromatic N) is 3. The summed E-state index contributed by atoms with van der Waals surface area (Å²) in [5.74, 6) is -0.103. The third-order valence-electron chi connectivity index (χ3n) is 5.76. The monoisotopic (exact) mass is 458 g/mol. The van der Waals surface area contributed by atoms with Gasteiger partial charge >= 0.3 is 0 Å². The Morgan fingerprint density at radius 1 is 1.06 bits per heavy atom. The van der Waals surface area contributed by atoms with Gasteiger partial charge in [0.2, 0.25) is 10.0 Å². The Morgan fingerprint density at radius 3 is 2.38 bits per heavy atom. The van der Waals surface area contributed by atoms with Gasteiger partial charge in [-0.25, -0.2) is 8.42 Å². The number of aryl methyl sites for hydroxylation is 1. The molecule has 1 saturated heterocycles. The van der Waals surface area contributed by atoms with Gasteiger partial charge in [0.05, 0.1) is 18.5 Å². The summed E-state index contributed by atoms with van der Waals surface area (Å²) in [4.78, 5) is 17.2. The second-order valence-corrected chi connectivity index (χ2v) is 10.5. The van der Waals surface area contributed by atoms with E-state index in [0.717, 1.165) is 50.3 Å². The van der Waals surface area contributed by atoms with E-state index in [0.29, 0.717) is 17.8 Å². The Hall–Kier alpha value is -2.42. The average molecular weight is 459 g/mol. The summed E-state index contributed by atoms with van der Waals surface area (Å²) in [6.07, 6.45) is 2.13. The summed E-state index contributed by atoms with van der Waals surface area (Å²) in [5.41, 5.74) is 3.03. The van der Waals surface area contributed by atoms with Gasteiger partial charge in [-0.05, 0) is 62.3 Å². The number of hydrogen-bond acceptors (Lipinski definition) is 5. The molecule has 0 unspecified atom stereocenters. The van der Waals surface area contributed by atoms with E-state index < -0.39 is 10.0 Å². The van der Waals surface area contributed by atoms with Crippen LogP contribution in [0, 0.1) is 6.92 Å². The van der Waals surface area contributed by atoms with Crippen LogP contribution in [0.1, 0.15) is 27.9 Å². The number of likely N-dealkylation sites (N-methyl/N-ethyl adjacent to an activating group) is 1. The fourth-order valence-corrected chi connectivity index (χ4v) is 4.67. The maximum Gasteiger partial charge on any atom is 0.251 e. The number of rotatable bonds is 9. The highest BCUT2D eigenvalue weighted by atomic mass is 32.2. The van der Waals surface area contributed by atoms with Gasteiger partial charge in [0, 0.05) is 38.3 Å². The SMILES string of the molecule is Cc1cccc(N(Cc2ccc(C(=O)NCCCN3CCN(C)CC3)cc2)S(C)(=O)=O)c1. The Morgan fingerprint density at radius 2 is 1.75 bits per heavy atom. The van der Waals surface area contributed by atoms with E-state index in [1.165, 1.54) is 10.6 Å². The molecule has 0 atom stereocenters. The molecule has 1 aliphatic heterocycles. The highest BCUT2D eigenvalue weighted by Crippen LogP contribution is 2.22. The lowest BCUT2D eigenvalue weighted by atomic mass is 10.1. The lowest BCUT2D eigenvalue weighted by Crippen LogP contribution is -2.45. The molecule has 0 aromatic heterocycles. The fraction of sp³-hybridized carbons (Fsp3) is 0.458. The summed E-state index contributed by atoms with van der Waals surface area (Å²) in [6, 6.07) is 14.6. The molecule has 1 aliphatic rings. The van der Waals surface area contributed by atoms with Crippen LogP contribution in [-0.2, 0) is 16.6 Å². The number of carbonyl (C=O) groups is 1. The van der Waals surface area contributed by atoms with Crippen LogP contribution in [0.2, 0.25) is 0 Å². The molecule has 0 spiro atoms. The predicted molar refractivity (Wildman–Crippen MR) is 130 cm³/mol. The Bertz CT molecular complexity index is 1000. The van der Waals surface area contributed by atoms with Gasteiger partial charge < -0.3 is 15.1 Å². The molecule has 3 rings (SSSR count). The number of benzene rings is 2. The molecule has 0 bridgehead atoms. The van der Waals surface area contributed by atoms with Crippen molar-refractivity contribution in [3.63, 3.8) is 0 Å². The highest BCUT2D eigenvalue weighted by Gasteiger charge is 2.18. The zero-order valence-electron chi connectivity index (χ0n) is 19.3.